The Morgan fingerprint density at radius 2 is 1.85 bits per heavy atom. The highest BCUT2D eigenvalue weighted by atomic mass is 19.1. The summed E-state index contributed by atoms with van der Waals surface area (Å²) in [5, 5.41) is 0.649. The molecule has 0 spiro atoms. The van der Waals surface area contributed by atoms with Gasteiger partial charge in [0.05, 0.1) is 10.9 Å². The predicted molar refractivity (Wildman–Crippen MR) is 98.6 cm³/mol. The molecule has 0 aliphatic heterocycles. The summed E-state index contributed by atoms with van der Waals surface area (Å²) in [6, 6.07) is 12.0. The van der Waals surface area contributed by atoms with Crippen molar-refractivity contribution in [3.05, 3.63) is 53.8 Å². The Morgan fingerprint density at radius 3 is 2.54 bits per heavy atom. The van der Waals surface area contributed by atoms with Crippen LogP contribution in [0.5, 0.6) is 5.88 Å². The van der Waals surface area contributed by atoms with Crippen LogP contribution in [0.25, 0.3) is 22.3 Å². The lowest BCUT2D eigenvalue weighted by Crippen LogP contribution is -2.33. The van der Waals surface area contributed by atoms with E-state index in [2.05, 4.69) is 9.97 Å². The van der Waals surface area contributed by atoms with Crippen LogP contribution in [0, 0.1) is 12.7 Å². The first kappa shape index (κ1) is 17.8. The van der Waals surface area contributed by atoms with Gasteiger partial charge in [-0.15, -0.1) is 0 Å². The van der Waals surface area contributed by atoms with Crippen LogP contribution in [0.15, 0.2) is 42.5 Å². The number of nitrogens with zero attached hydrogens (tertiary/aromatic N) is 3. The van der Waals surface area contributed by atoms with E-state index in [1.165, 1.54) is 6.07 Å². The van der Waals surface area contributed by atoms with Crippen molar-refractivity contribution in [1.29, 1.82) is 0 Å². The lowest BCUT2D eigenvalue weighted by molar-refractivity contribution is 0.156. The van der Waals surface area contributed by atoms with Gasteiger partial charge >= 0.3 is 6.09 Å². The number of halogens is 1. The van der Waals surface area contributed by atoms with Gasteiger partial charge < -0.3 is 9.64 Å². The fourth-order valence-electron chi connectivity index (χ4n) is 2.67. The number of carbonyl (C=O) groups excluding carboxylic acids is 1. The molecule has 26 heavy (non-hydrogen) atoms. The third-order valence-corrected chi connectivity index (χ3v) is 4.19. The lowest BCUT2D eigenvalue weighted by atomic mass is 10.1. The van der Waals surface area contributed by atoms with Gasteiger partial charge in [0.2, 0.25) is 5.88 Å². The molecule has 0 unspecified atom stereocenters. The number of benzene rings is 2. The predicted octanol–water partition coefficient (Wildman–Crippen LogP) is 4.58. The van der Waals surface area contributed by atoms with E-state index in [4.69, 9.17) is 4.74 Å². The Kier molecular flexibility index (Phi) is 5.11. The van der Waals surface area contributed by atoms with Gasteiger partial charge in [-0.2, -0.15) is 4.98 Å². The molecule has 0 N–H and O–H groups in total. The van der Waals surface area contributed by atoms with Crippen molar-refractivity contribution >= 4 is 17.0 Å². The summed E-state index contributed by atoms with van der Waals surface area (Å²) in [6.07, 6.45) is -0.458. The smallest absolute Gasteiger partial charge is 0.390 e. The second kappa shape index (κ2) is 7.47. The van der Waals surface area contributed by atoms with Gasteiger partial charge in [-0.05, 0) is 56.7 Å². The molecule has 3 aromatic rings. The average Bonchev–Trinajstić information content (AvgIpc) is 2.65. The first-order valence-electron chi connectivity index (χ1n) is 8.53. The molecule has 1 heterocycles. The van der Waals surface area contributed by atoms with E-state index in [0.29, 0.717) is 40.9 Å². The molecule has 134 valence electrons. The first-order chi connectivity index (χ1) is 12.5. The van der Waals surface area contributed by atoms with E-state index < -0.39 is 6.09 Å². The van der Waals surface area contributed by atoms with Crippen LogP contribution in [0.1, 0.15) is 19.4 Å². The second-order valence-corrected chi connectivity index (χ2v) is 5.87. The maximum absolute atomic E-state index is 13.6. The van der Waals surface area contributed by atoms with Crippen molar-refractivity contribution in [1.82, 2.24) is 14.9 Å². The number of hydrogen-bond donors (Lipinski definition) is 0. The molecular formula is C20H20FN3O2. The molecule has 5 nitrogen and oxygen atoms in total. The fraction of sp³-hybridized carbons (Fsp3) is 0.250. The Balaban J connectivity index is 2.09. The molecule has 2 aromatic carbocycles. The highest BCUT2D eigenvalue weighted by Gasteiger charge is 2.17. The zero-order valence-electron chi connectivity index (χ0n) is 15.0. The number of amides is 1. The molecule has 0 aliphatic rings. The molecule has 0 fully saturated rings. The van der Waals surface area contributed by atoms with Crippen LogP contribution in [0.4, 0.5) is 9.18 Å². The zero-order valence-corrected chi connectivity index (χ0v) is 15.0. The van der Waals surface area contributed by atoms with Crippen molar-refractivity contribution in [2.24, 2.45) is 0 Å². The van der Waals surface area contributed by atoms with Crippen LogP contribution in [-0.2, 0) is 0 Å². The standard InChI is InChI=1S/C20H20FN3O2/c1-4-24(5-2)20(25)26-19-15-8-6-7-9-17(15)22-18(23-19)14-10-11-16(21)13(3)12-14/h6-12H,4-5H2,1-3H3. The minimum atomic E-state index is -0.458. The summed E-state index contributed by atoms with van der Waals surface area (Å²) in [4.78, 5) is 22.9. The van der Waals surface area contributed by atoms with Gasteiger partial charge in [-0.25, -0.2) is 14.2 Å². The highest BCUT2D eigenvalue weighted by Crippen LogP contribution is 2.27. The number of rotatable bonds is 4. The van der Waals surface area contributed by atoms with E-state index in [1.54, 1.807) is 30.0 Å². The highest BCUT2D eigenvalue weighted by molar-refractivity contribution is 5.87. The summed E-state index contributed by atoms with van der Waals surface area (Å²) >= 11 is 0. The molecule has 0 bridgehead atoms. The summed E-state index contributed by atoms with van der Waals surface area (Å²) in [6.45, 7) is 6.54. The average molecular weight is 353 g/mol. The number of fused-ring (bicyclic) bond motifs is 1. The number of carbonyl (C=O) groups is 1. The molecule has 0 radical (unpaired) electrons. The normalized spacial score (nSPS) is 10.8. The molecule has 0 saturated heterocycles. The molecule has 6 heteroatoms. The lowest BCUT2D eigenvalue weighted by Gasteiger charge is -2.18. The van der Waals surface area contributed by atoms with E-state index in [-0.39, 0.29) is 11.7 Å². The zero-order chi connectivity index (χ0) is 18.7. The summed E-state index contributed by atoms with van der Waals surface area (Å²) in [7, 11) is 0. The number of hydrogen-bond acceptors (Lipinski definition) is 4. The molecule has 0 aliphatic carbocycles. The minimum absolute atomic E-state index is 0.199. The molecule has 0 saturated carbocycles. The van der Waals surface area contributed by atoms with Gasteiger partial charge in [0.15, 0.2) is 5.82 Å². The number of aryl methyl sites for hydroxylation is 1. The second-order valence-electron chi connectivity index (χ2n) is 5.87. The van der Waals surface area contributed by atoms with E-state index >= 15 is 0 Å². The number of ether oxygens (including phenoxy) is 1. The van der Waals surface area contributed by atoms with Gasteiger partial charge in [-0.3, -0.25) is 0 Å². The summed E-state index contributed by atoms with van der Waals surface area (Å²) in [5.41, 5.74) is 1.82. The Hall–Kier alpha value is -3.02. The van der Waals surface area contributed by atoms with Crippen LogP contribution < -0.4 is 4.74 Å². The van der Waals surface area contributed by atoms with Crippen LogP contribution in [0.3, 0.4) is 0 Å². The third kappa shape index (κ3) is 3.49. The summed E-state index contributed by atoms with van der Waals surface area (Å²) < 4.78 is 19.1. The van der Waals surface area contributed by atoms with Gasteiger partial charge in [0.25, 0.3) is 0 Å². The Bertz CT molecular complexity index is 955. The third-order valence-electron chi connectivity index (χ3n) is 4.19. The Labute approximate surface area is 151 Å². The van der Waals surface area contributed by atoms with Crippen molar-refractivity contribution < 1.29 is 13.9 Å². The molecule has 1 amide bonds. The topological polar surface area (TPSA) is 55.3 Å². The molecule has 3 rings (SSSR count). The fourth-order valence-corrected chi connectivity index (χ4v) is 2.67. The van der Waals surface area contributed by atoms with Crippen LogP contribution in [0.2, 0.25) is 0 Å². The van der Waals surface area contributed by atoms with Crippen molar-refractivity contribution in [2.45, 2.75) is 20.8 Å². The Morgan fingerprint density at radius 1 is 1.12 bits per heavy atom. The van der Waals surface area contributed by atoms with Crippen molar-refractivity contribution in [2.75, 3.05) is 13.1 Å². The van der Waals surface area contributed by atoms with Crippen LogP contribution in [-0.4, -0.2) is 34.1 Å². The van der Waals surface area contributed by atoms with Gasteiger partial charge in [-0.1, -0.05) is 12.1 Å². The first-order valence-corrected chi connectivity index (χ1v) is 8.53. The van der Waals surface area contributed by atoms with E-state index in [0.717, 1.165) is 0 Å². The van der Waals surface area contributed by atoms with Gasteiger partial charge in [0, 0.05) is 18.7 Å². The summed E-state index contributed by atoms with van der Waals surface area (Å²) in [5.74, 6) is 0.293. The van der Waals surface area contributed by atoms with Crippen molar-refractivity contribution in [3.63, 3.8) is 0 Å². The number of aromatic nitrogens is 2. The van der Waals surface area contributed by atoms with Gasteiger partial charge in [0.1, 0.15) is 5.82 Å². The SMILES string of the molecule is CCN(CC)C(=O)Oc1nc(-c2ccc(F)c(C)c2)nc2ccccc12. The quantitative estimate of drug-likeness (QED) is 0.689. The van der Waals surface area contributed by atoms with E-state index in [1.807, 2.05) is 32.0 Å². The maximum atomic E-state index is 13.6. The molecule has 0 atom stereocenters. The largest absolute Gasteiger partial charge is 0.416 e. The monoisotopic (exact) mass is 353 g/mol. The molecule has 1 aromatic heterocycles. The van der Waals surface area contributed by atoms with E-state index in [9.17, 15) is 9.18 Å². The molecular weight excluding hydrogens is 333 g/mol. The van der Waals surface area contributed by atoms with Crippen molar-refractivity contribution in [3.8, 4) is 17.3 Å². The van der Waals surface area contributed by atoms with Crippen LogP contribution >= 0.6 is 0 Å². The minimum Gasteiger partial charge on any atom is -0.390 e. The number of para-hydroxylation sites is 1. The maximum Gasteiger partial charge on any atom is 0.416 e.